The maximum absolute atomic E-state index is 6.17. The van der Waals surface area contributed by atoms with Gasteiger partial charge in [0.1, 0.15) is 5.75 Å². The van der Waals surface area contributed by atoms with Crippen LogP contribution in [-0.4, -0.2) is 6.10 Å². The molecule has 2 aromatic rings. The SMILES string of the molecule is Nc1cccc2c(OC3CCCCC3)cccc12. The Kier molecular flexibility index (Phi) is 3.09. The lowest BCUT2D eigenvalue weighted by atomic mass is 9.97. The van der Waals surface area contributed by atoms with Gasteiger partial charge in [-0.15, -0.1) is 0 Å². The van der Waals surface area contributed by atoms with Crippen LogP contribution >= 0.6 is 0 Å². The van der Waals surface area contributed by atoms with Gasteiger partial charge >= 0.3 is 0 Å². The van der Waals surface area contributed by atoms with Gasteiger partial charge in [-0.25, -0.2) is 0 Å². The second kappa shape index (κ2) is 4.89. The molecule has 0 aliphatic heterocycles. The number of hydrogen-bond acceptors (Lipinski definition) is 2. The quantitative estimate of drug-likeness (QED) is 0.802. The molecule has 1 aliphatic carbocycles. The molecule has 0 aromatic heterocycles. The molecule has 0 atom stereocenters. The second-order valence-electron chi connectivity index (χ2n) is 5.08. The lowest BCUT2D eigenvalue weighted by Crippen LogP contribution is -2.19. The summed E-state index contributed by atoms with van der Waals surface area (Å²) in [5.74, 6) is 0.978. The highest BCUT2D eigenvalue weighted by Crippen LogP contribution is 2.31. The minimum atomic E-state index is 0.380. The van der Waals surface area contributed by atoms with Crippen LogP contribution in [0.5, 0.6) is 5.75 Å². The summed E-state index contributed by atoms with van der Waals surface area (Å²) in [5, 5.41) is 2.22. The first-order chi connectivity index (χ1) is 8.84. The fraction of sp³-hybridized carbons (Fsp3) is 0.375. The van der Waals surface area contributed by atoms with Gasteiger partial charge in [-0.3, -0.25) is 0 Å². The Hall–Kier alpha value is -1.70. The van der Waals surface area contributed by atoms with E-state index in [0.717, 1.165) is 22.2 Å². The van der Waals surface area contributed by atoms with Crippen molar-refractivity contribution in [3.05, 3.63) is 36.4 Å². The van der Waals surface area contributed by atoms with Crippen molar-refractivity contribution in [1.29, 1.82) is 0 Å². The van der Waals surface area contributed by atoms with Crippen LogP contribution in [0.1, 0.15) is 32.1 Å². The molecule has 2 heteroatoms. The van der Waals surface area contributed by atoms with Crippen LogP contribution in [-0.2, 0) is 0 Å². The topological polar surface area (TPSA) is 35.2 Å². The summed E-state index contributed by atoms with van der Waals surface area (Å²) in [6.07, 6.45) is 6.67. The van der Waals surface area contributed by atoms with E-state index in [-0.39, 0.29) is 0 Å². The summed E-state index contributed by atoms with van der Waals surface area (Å²) in [6, 6.07) is 12.1. The molecule has 0 saturated heterocycles. The van der Waals surface area contributed by atoms with Gasteiger partial charge in [0.2, 0.25) is 0 Å². The average molecular weight is 241 g/mol. The molecular weight excluding hydrogens is 222 g/mol. The summed E-state index contributed by atoms with van der Waals surface area (Å²) in [5.41, 5.74) is 6.82. The van der Waals surface area contributed by atoms with Gasteiger partial charge in [0.05, 0.1) is 6.10 Å². The third kappa shape index (κ3) is 2.15. The molecule has 2 aromatic carbocycles. The van der Waals surface area contributed by atoms with E-state index in [2.05, 4.69) is 18.2 Å². The molecule has 3 rings (SSSR count). The van der Waals surface area contributed by atoms with Gasteiger partial charge in [-0.2, -0.15) is 0 Å². The van der Waals surface area contributed by atoms with Crippen molar-refractivity contribution >= 4 is 16.5 Å². The number of nitrogen functional groups attached to an aromatic ring is 1. The van der Waals surface area contributed by atoms with Gasteiger partial charge < -0.3 is 10.5 Å². The first-order valence-corrected chi connectivity index (χ1v) is 6.78. The Labute approximate surface area is 108 Å². The molecule has 18 heavy (non-hydrogen) atoms. The average Bonchev–Trinajstić information content (AvgIpc) is 2.41. The molecule has 0 bridgehead atoms. The Morgan fingerprint density at radius 1 is 0.889 bits per heavy atom. The minimum Gasteiger partial charge on any atom is -0.490 e. The first kappa shape index (κ1) is 11.4. The zero-order valence-corrected chi connectivity index (χ0v) is 10.6. The summed E-state index contributed by atoms with van der Waals surface area (Å²) in [7, 11) is 0. The smallest absolute Gasteiger partial charge is 0.127 e. The van der Waals surface area contributed by atoms with Gasteiger partial charge in [-0.05, 0) is 37.8 Å². The number of hydrogen-bond donors (Lipinski definition) is 1. The normalized spacial score (nSPS) is 16.9. The van der Waals surface area contributed by atoms with E-state index >= 15 is 0 Å². The summed E-state index contributed by atoms with van der Waals surface area (Å²) < 4.78 is 6.17. The third-order valence-electron chi connectivity index (χ3n) is 3.76. The van der Waals surface area contributed by atoms with E-state index in [1.807, 2.05) is 18.2 Å². The lowest BCUT2D eigenvalue weighted by Gasteiger charge is -2.23. The molecule has 2 nitrogen and oxygen atoms in total. The van der Waals surface area contributed by atoms with Crippen LogP contribution in [0.15, 0.2) is 36.4 Å². The standard InChI is InChI=1S/C16H19NO/c17-15-10-4-9-14-13(15)8-5-11-16(14)18-12-6-2-1-3-7-12/h4-5,8-12H,1-3,6-7,17H2. The maximum atomic E-state index is 6.17. The molecule has 1 fully saturated rings. The van der Waals surface area contributed by atoms with E-state index in [0.29, 0.717) is 6.10 Å². The summed E-state index contributed by atoms with van der Waals surface area (Å²) in [4.78, 5) is 0. The highest BCUT2D eigenvalue weighted by molar-refractivity contribution is 5.96. The summed E-state index contributed by atoms with van der Waals surface area (Å²) in [6.45, 7) is 0. The zero-order valence-electron chi connectivity index (χ0n) is 10.6. The van der Waals surface area contributed by atoms with Gasteiger partial charge in [-0.1, -0.05) is 30.7 Å². The predicted octanol–water partition coefficient (Wildman–Crippen LogP) is 4.13. The fourth-order valence-electron chi connectivity index (χ4n) is 2.77. The number of ether oxygens (including phenoxy) is 1. The van der Waals surface area contributed by atoms with Crippen LogP contribution < -0.4 is 10.5 Å². The van der Waals surface area contributed by atoms with Crippen molar-refractivity contribution < 1.29 is 4.74 Å². The molecule has 1 aliphatic rings. The fourth-order valence-corrected chi connectivity index (χ4v) is 2.77. The van der Waals surface area contributed by atoms with Crippen molar-refractivity contribution in [2.24, 2.45) is 0 Å². The molecule has 0 radical (unpaired) electrons. The number of fused-ring (bicyclic) bond motifs is 1. The molecule has 1 saturated carbocycles. The van der Waals surface area contributed by atoms with Crippen molar-refractivity contribution in [2.45, 2.75) is 38.2 Å². The molecule has 2 N–H and O–H groups in total. The maximum Gasteiger partial charge on any atom is 0.127 e. The zero-order chi connectivity index (χ0) is 12.4. The first-order valence-electron chi connectivity index (χ1n) is 6.78. The van der Waals surface area contributed by atoms with E-state index in [1.165, 1.54) is 32.1 Å². The van der Waals surface area contributed by atoms with E-state index in [4.69, 9.17) is 10.5 Å². The van der Waals surface area contributed by atoms with Crippen LogP contribution in [0.25, 0.3) is 10.8 Å². The molecule has 94 valence electrons. The number of benzene rings is 2. The van der Waals surface area contributed by atoms with Crippen LogP contribution in [0.3, 0.4) is 0 Å². The van der Waals surface area contributed by atoms with Gasteiger partial charge in [0.15, 0.2) is 0 Å². The molecule has 0 spiro atoms. The lowest BCUT2D eigenvalue weighted by molar-refractivity contribution is 0.157. The number of rotatable bonds is 2. The van der Waals surface area contributed by atoms with Gasteiger partial charge in [0.25, 0.3) is 0 Å². The Morgan fingerprint density at radius 3 is 2.44 bits per heavy atom. The third-order valence-corrected chi connectivity index (χ3v) is 3.76. The molecule has 0 heterocycles. The van der Waals surface area contributed by atoms with Crippen molar-refractivity contribution in [1.82, 2.24) is 0 Å². The van der Waals surface area contributed by atoms with Crippen LogP contribution in [0.2, 0.25) is 0 Å². The monoisotopic (exact) mass is 241 g/mol. The Bertz CT molecular complexity index is 544. The summed E-state index contributed by atoms with van der Waals surface area (Å²) >= 11 is 0. The molecule has 0 amide bonds. The molecule has 0 unspecified atom stereocenters. The number of anilines is 1. The highest BCUT2D eigenvalue weighted by atomic mass is 16.5. The minimum absolute atomic E-state index is 0.380. The van der Waals surface area contributed by atoms with E-state index < -0.39 is 0 Å². The van der Waals surface area contributed by atoms with Crippen molar-refractivity contribution in [3.63, 3.8) is 0 Å². The molecular formula is C16H19NO. The van der Waals surface area contributed by atoms with Crippen LogP contribution in [0.4, 0.5) is 5.69 Å². The Balaban J connectivity index is 1.93. The predicted molar refractivity (Wildman–Crippen MR) is 75.9 cm³/mol. The highest BCUT2D eigenvalue weighted by Gasteiger charge is 2.16. The largest absolute Gasteiger partial charge is 0.490 e. The Morgan fingerprint density at radius 2 is 1.61 bits per heavy atom. The van der Waals surface area contributed by atoms with Crippen molar-refractivity contribution in [2.75, 3.05) is 5.73 Å². The van der Waals surface area contributed by atoms with Crippen molar-refractivity contribution in [3.8, 4) is 5.75 Å². The van der Waals surface area contributed by atoms with Crippen LogP contribution in [0, 0.1) is 0 Å². The van der Waals surface area contributed by atoms with E-state index in [9.17, 15) is 0 Å². The second-order valence-corrected chi connectivity index (χ2v) is 5.08. The van der Waals surface area contributed by atoms with Gasteiger partial charge in [0, 0.05) is 16.5 Å². The van der Waals surface area contributed by atoms with E-state index in [1.54, 1.807) is 0 Å². The number of nitrogens with two attached hydrogens (primary N) is 1.